The summed E-state index contributed by atoms with van der Waals surface area (Å²) in [5.41, 5.74) is 1.51. The number of carbonyl (C=O) groups is 3. The zero-order valence-electron chi connectivity index (χ0n) is 16.6. The van der Waals surface area contributed by atoms with Crippen LogP contribution in [0.2, 0.25) is 5.02 Å². The average Bonchev–Trinajstić information content (AvgIpc) is 2.79. The number of aliphatic carboxylic acids is 1. The van der Waals surface area contributed by atoms with Crippen LogP contribution in [0.5, 0.6) is 0 Å². The molecule has 32 heavy (non-hydrogen) atoms. The molecular formula is C23H19ClN2O6. The van der Waals surface area contributed by atoms with Crippen LogP contribution in [0.1, 0.15) is 26.3 Å². The first-order chi connectivity index (χ1) is 15.3. The predicted molar refractivity (Wildman–Crippen MR) is 117 cm³/mol. The molecule has 0 spiro atoms. The van der Waals surface area contributed by atoms with Crippen molar-refractivity contribution in [2.75, 3.05) is 0 Å². The van der Waals surface area contributed by atoms with Gasteiger partial charge in [0.05, 0.1) is 22.9 Å². The van der Waals surface area contributed by atoms with Gasteiger partial charge in [-0.25, -0.2) is 9.59 Å². The molecule has 0 aliphatic heterocycles. The standard InChI is InChI=1S/C23H19ClN2O6/c24-17-8-4-1-5-13(17)11-19(20(27)23(31)32)26-21(28)14-9-10-18(25-12-14)15-6-2-3-7-16(15)22(29)30/h1-10,12,19-20,27H,11H2,(H,26,28)(H,29,30)(H,31,32)/t19-,20-/m1/s1. The summed E-state index contributed by atoms with van der Waals surface area (Å²) < 4.78 is 0. The molecule has 1 heterocycles. The highest BCUT2D eigenvalue weighted by Crippen LogP contribution is 2.22. The second-order valence-electron chi connectivity index (χ2n) is 6.94. The fraction of sp³-hybridized carbons (Fsp3) is 0.130. The van der Waals surface area contributed by atoms with Crippen molar-refractivity contribution in [2.24, 2.45) is 0 Å². The van der Waals surface area contributed by atoms with Crippen LogP contribution in [0.25, 0.3) is 11.3 Å². The zero-order valence-corrected chi connectivity index (χ0v) is 17.4. The molecule has 1 aromatic heterocycles. The summed E-state index contributed by atoms with van der Waals surface area (Å²) in [6, 6.07) is 14.8. The number of pyridine rings is 1. The highest BCUT2D eigenvalue weighted by molar-refractivity contribution is 6.31. The van der Waals surface area contributed by atoms with Crippen LogP contribution in [0.4, 0.5) is 0 Å². The molecule has 0 unspecified atom stereocenters. The average molecular weight is 455 g/mol. The van der Waals surface area contributed by atoms with Crippen LogP contribution in [-0.4, -0.2) is 50.3 Å². The molecule has 2 atom stereocenters. The lowest BCUT2D eigenvalue weighted by molar-refractivity contribution is -0.148. The lowest BCUT2D eigenvalue weighted by Crippen LogP contribution is -2.48. The number of aromatic carboxylic acids is 1. The van der Waals surface area contributed by atoms with Crippen molar-refractivity contribution in [2.45, 2.75) is 18.6 Å². The molecule has 0 radical (unpaired) electrons. The molecule has 1 amide bonds. The predicted octanol–water partition coefficient (Wildman–Crippen LogP) is 2.89. The largest absolute Gasteiger partial charge is 0.479 e. The van der Waals surface area contributed by atoms with E-state index in [9.17, 15) is 29.7 Å². The van der Waals surface area contributed by atoms with Gasteiger partial charge in [-0.05, 0) is 36.2 Å². The van der Waals surface area contributed by atoms with Gasteiger partial charge in [0.2, 0.25) is 0 Å². The van der Waals surface area contributed by atoms with Crippen molar-refractivity contribution in [3.05, 3.63) is 88.6 Å². The molecule has 3 rings (SSSR count). The number of carboxylic acid groups (broad SMARTS) is 2. The molecule has 0 aliphatic carbocycles. The lowest BCUT2D eigenvalue weighted by atomic mass is 10.0. The van der Waals surface area contributed by atoms with Crippen molar-refractivity contribution >= 4 is 29.4 Å². The zero-order chi connectivity index (χ0) is 23.3. The number of nitrogens with zero attached hydrogens (tertiary/aromatic N) is 1. The third-order valence-corrected chi connectivity index (χ3v) is 5.18. The van der Waals surface area contributed by atoms with Crippen LogP contribution in [0.3, 0.4) is 0 Å². The number of halogens is 1. The maximum atomic E-state index is 12.7. The second kappa shape index (κ2) is 10.0. The number of aliphatic hydroxyl groups excluding tert-OH is 1. The van der Waals surface area contributed by atoms with E-state index in [-0.39, 0.29) is 17.5 Å². The summed E-state index contributed by atoms with van der Waals surface area (Å²) in [4.78, 5) is 39.6. The van der Waals surface area contributed by atoms with Crippen molar-refractivity contribution in [1.82, 2.24) is 10.3 Å². The molecule has 164 valence electrons. The molecule has 2 aromatic carbocycles. The number of nitrogens with one attached hydrogen (secondary N) is 1. The minimum absolute atomic E-state index is 0.00359. The number of carbonyl (C=O) groups excluding carboxylic acids is 1. The van der Waals surface area contributed by atoms with E-state index in [1.165, 1.54) is 24.4 Å². The Morgan fingerprint density at radius 3 is 2.28 bits per heavy atom. The Labute approximate surface area is 188 Å². The Morgan fingerprint density at radius 2 is 1.66 bits per heavy atom. The molecule has 0 bridgehead atoms. The van der Waals surface area contributed by atoms with E-state index in [4.69, 9.17) is 11.6 Å². The Hall–Kier alpha value is -3.75. The number of carboxylic acids is 2. The second-order valence-corrected chi connectivity index (χ2v) is 7.35. The Bertz CT molecular complexity index is 1150. The van der Waals surface area contributed by atoms with E-state index in [1.807, 2.05) is 0 Å². The molecule has 0 saturated carbocycles. The topological polar surface area (TPSA) is 137 Å². The van der Waals surface area contributed by atoms with Gasteiger partial charge < -0.3 is 20.6 Å². The number of rotatable bonds is 8. The van der Waals surface area contributed by atoms with Gasteiger partial charge in [0.15, 0.2) is 6.10 Å². The molecular weight excluding hydrogens is 436 g/mol. The molecule has 0 saturated heterocycles. The molecule has 9 heteroatoms. The van der Waals surface area contributed by atoms with E-state index < -0.39 is 30.0 Å². The quantitative estimate of drug-likeness (QED) is 0.410. The first kappa shape index (κ1) is 22.9. The number of aromatic nitrogens is 1. The maximum Gasteiger partial charge on any atom is 0.336 e. The van der Waals surface area contributed by atoms with Crippen LogP contribution < -0.4 is 5.32 Å². The summed E-state index contributed by atoms with van der Waals surface area (Å²) in [5, 5.41) is 31.5. The lowest BCUT2D eigenvalue weighted by Gasteiger charge is -2.22. The summed E-state index contributed by atoms with van der Waals surface area (Å²) in [7, 11) is 0. The molecule has 8 nitrogen and oxygen atoms in total. The first-order valence-corrected chi connectivity index (χ1v) is 9.89. The summed E-state index contributed by atoms with van der Waals surface area (Å²) >= 11 is 6.12. The minimum atomic E-state index is -1.86. The summed E-state index contributed by atoms with van der Waals surface area (Å²) in [5.74, 6) is -3.23. The smallest absolute Gasteiger partial charge is 0.336 e. The van der Waals surface area contributed by atoms with Gasteiger partial charge in [0.25, 0.3) is 5.91 Å². The maximum absolute atomic E-state index is 12.7. The van der Waals surface area contributed by atoms with Gasteiger partial charge in [-0.15, -0.1) is 0 Å². The van der Waals surface area contributed by atoms with E-state index in [0.717, 1.165) is 0 Å². The van der Waals surface area contributed by atoms with Gasteiger partial charge in [-0.3, -0.25) is 9.78 Å². The number of hydrogen-bond donors (Lipinski definition) is 4. The van der Waals surface area contributed by atoms with Crippen molar-refractivity contribution in [1.29, 1.82) is 0 Å². The van der Waals surface area contributed by atoms with E-state index in [2.05, 4.69) is 10.3 Å². The number of aliphatic hydroxyl groups is 1. The van der Waals surface area contributed by atoms with Gasteiger partial charge >= 0.3 is 11.9 Å². The number of hydrogen-bond acceptors (Lipinski definition) is 5. The summed E-state index contributed by atoms with van der Waals surface area (Å²) in [6.07, 6.45) is -0.607. The molecule has 3 aromatic rings. The SMILES string of the molecule is O=C(N[C@H](Cc1ccccc1Cl)[C@@H](O)C(=O)O)c1ccc(-c2ccccc2C(=O)O)nc1. The van der Waals surface area contributed by atoms with E-state index in [1.54, 1.807) is 42.5 Å². The first-order valence-electron chi connectivity index (χ1n) is 9.52. The monoisotopic (exact) mass is 454 g/mol. The number of benzene rings is 2. The Kier molecular flexibility index (Phi) is 7.19. The van der Waals surface area contributed by atoms with Gasteiger partial charge in [0, 0.05) is 16.8 Å². The van der Waals surface area contributed by atoms with Crippen LogP contribution in [0, 0.1) is 0 Å². The Balaban J connectivity index is 1.81. The highest BCUT2D eigenvalue weighted by Gasteiger charge is 2.28. The minimum Gasteiger partial charge on any atom is -0.479 e. The fourth-order valence-corrected chi connectivity index (χ4v) is 3.36. The number of amides is 1. The van der Waals surface area contributed by atoms with E-state index >= 15 is 0 Å². The van der Waals surface area contributed by atoms with Crippen molar-refractivity contribution < 1.29 is 29.7 Å². The van der Waals surface area contributed by atoms with Crippen LogP contribution in [-0.2, 0) is 11.2 Å². The normalized spacial score (nSPS) is 12.6. The Morgan fingerprint density at radius 1 is 0.969 bits per heavy atom. The van der Waals surface area contributed by atoms with Gasteiger partial charge in [-0.1, -0.05) is 48.0 Å². The molecule has 0 aliphatic rings. The molecule has 4 N–H and O–H groups in total. The van der Waals surface area contributed by atoms with E-state index in [0.29, 0.717) is 21.8 Å². The van der Waals surface area contributed by atoms with Gasteiger partial charge in [-0.2, -0.15) is 0 Å². The van der Waals surface area contributed by atoms with Crippen molar-refractivity contribution in [3.8, 4) is 11.3 Å². The van der Waals surface area contributed by atoms with Crippen molar-refractivity contribution in [3.63, 3.8) is 0 Å². The van der Waals surface area contributed by atoms with Crippen LogP contribution in [0.15, 0.2) is 66.9 Å². The fourth-order valence-electron chi connectivity index (χ4n) is 3.15. The molecule has 0 fully saturated rings. The summed E-state index contributed by atoms with van der Waals surface area (Å²) in [6.45, 7) is 0. The highest BCUT2D eigenvalue weighted by atomic mass is 35.5. The third-order valence-electron chi connectivity index (χ3n) is 4.81. The van der Waals surface area contributed by atoms with Gasteiger partial charge in [0.1, 0.15) is 0 Å². The third kappa shape index (κ3) is 5.29. The van der Waals surface area contributed by atoms with Crippen LogP contribution >= 0.6 is 11.6 Å².